The smallest absolute Gasteiger partial charge is 0.351 e. The minimum atomic E-state index is 0.123. The SMILES string of the molecule is NC1=NC(=[NH2+])N=N1. The van der Waals surface area contributed by atoms with E-state index in [0.29, 0.717) is 0 Å². The lowest BCUT2D eigenvalue weighted by molar-refractivity contribution is -0.116. The number of hydrogen-bond donors (Lipinski definition) is 2. The van der Waals surface area contributed by atoms with Crippen molar-refractivity contribution >= 4 is 11.9 Å². The molecule has 1 heterocycles. The van der Waals surface area contributed by atoms with Gasteiger partial charge in [0.2, 0.25) is 0 Å². The van der Waals surface area contributed by atoms with Crippen LogP contribution in [0.25, 0.3) is 0 Å². The van der Waals surface area contributed by atoms with Gasteiger partial charge in [-0.15, -0.1) is 0 Å². The number of rotatable bonds is 0. The van der Waals surface area contributed by atoms with E-state index in [0.717, 1.165) is 0 Å². The third-order valence-corrected chi connectivity index (χ3v) is 0.484. The fourth-order valence-corrected chi connectivity index (χ4v) is 0.265. The van der Waals surface area contributed by atoms with Crippen molar-refractivity contribution in [2.75, 3.05) is 0 Å². The van der Waals surface area contributed by atoms with E-state index in [1.54, 1.807) is 0 Å². The maximum Gasteiger partial charge on any atom is 0.450 e. The van der Waals surface area contributed by atoms with E-state index in [4.69, 9.17) is 11.1 Å². The molecule has 1 aliphatic rings. The number of guanidine groups is 2. The van der Waals surface area contributed by atoms with Gasteiger partial charge >= 0.3 is 11.9 Å². The predicted octanol–water partition coefficient (Wildman–Crippen LogP) is -2.12. The Morgan fingerprint density at radius 1 is 1.43 bits per heavy atom. The monoisotopic (exact) mass is 98.0 g/mol. The maximum atomic E-state index is 5.01. The zero-order valence-corrected chi connectivity index (χ0v) is 3.50. The first-order valence-electron chi connectivity index (χ1n) is 1.67. The summed E-state index contributed by atoms with van der Waals surface area (Å²) in [6, 6.07) is 0. The molecule has 0 fully saturated rings. The molecule has 0 amide bonds. The summed E-state index contributed by atoms with van der Waals surface area (Å²) in [5.41, 5.74) is 5.01. The Morgan fingerprint density at radius 2 is 2.14 bits per heavy atom. The second-order valence-corrected chi connectivity index (χ2v) is 1.03. The van der Waals surface area contributed by atoms with Crippen LogP contribution in [-0.2, 0) is 0 Å². The summed E-state index contributed by atoms with van der Waals surface area (Å²) in [4.78, 5) is 3.44. The van der Waals surface area contributed by atoms with Crippen LogP contribution in [0.15, 0.2) is 15.2 Å². The Bertz CT molecular complexity index is 153. The van der Waals surface area contributed by atoms with Crippen LogP contribution in [0, 0.1) is 0 Å². The molecular formula is C2H4N5+. The largest absolute Gasteiger partial charge is 0.450 e. The van der Waals surface area contributed by atoms with Crippen LogP contribution in [0.2, 0.25) is 0 Å². The lowest BCUT2D eigenvalue weighted by atomic mass is 11.0. The number of nitrogens with two attached hydrogens (primary N) is 2. The first-order valence-corrected chi connectivity index (χ1v) is 1.67. The fourth-order valence-electron chi connectivity index (χ4n) is 0.265. The summed E-state index contributed by atoms with van der Waals surface area (Å²) in [7, 11) is 0. The zero-order valence-electron chi connectivity index (χ0n) is 3.50. The molecule has 7 heavy (non-hydrogen) atoms. The topological polar surface area (TPSA) is 88.7 Å². The van der Waals surface area contributed by atoms with Crippen LogP contribution < -0.4 is 11.1 Å². The normalized spacial score (nSPS) is 17.7. The summed E-state index contributed by atoms with van der Waals surface area (Å²) < 4.78 is 0. The summed E-state index contributed by atoms with van der Waals surface area (Å²) >= 11 is 0. The van der Waals surface area contributed by atoms with Gasteiger partial charge in [0, 0.05) is 0 Å². The van der Waals surface area contributed by atoms with Gasteiger partial charge in [-0.05, 0) is 10.1 Å². The van der Waals surface area contributed by atoms with Crippen molar-refractivity contribution < 1.29 is 5.41 Å². The van der Waals surface area contributed by atoms with Gasteiger partial charge in [0.05, 0.1) is 5.11 Å². The molecule has 0 atom stereocenters. The Labute approximate surface area is 39.5 Å². The van der Waals surface area contributed by atoms with Gasteiger partial charge in [-0.1, -0.05) is 0 Å². The Hall–Kier alpha value is -1.26. The van der Waals surface area contributed by atoms with Crippen LogP contribution in [0.3, 0.4) is 0 Å². The highest BCUT2D eigenvalue weighted by Crippen LogP contribution is 1.86. The van der Waals surface area contributed by atoms with Crippen LogP contribution in [-0.4, -0.2) is 11.9 Å². The van der Waals surface area contributed by atoms with E-state index in [9.17, 15) is 0 Å². The second-order valence-electron chi connectivity index (χ2n) is 1.03. The van der Waals surface area contributed by atoms with Gasteiger partial charge in [0.25, 0.3) is 0 Å². The van der Waals surface area contributed by atoms with Crippen LogP contribution in [0.4, 0.5) is 0 Å². The third kappa shape index (κ3) is 0.594. The number of hydrogen-bond acceptors (Lipinski definition) is 2. The van der Waals surface area contributed by atoms with Crippen molar-refractivity contribution in [3.05, 3.63) is 0 Å². The Kier molecular flexibility index (Phi) is 0.619. The molecule has 0 radical (unpaired) electrons. The number of nitrogens with zero attached hydrogens (tertiary/aromatic N) is 3. The average molecular weight is 98.1 g/mol. The van der Waals surface area contributed by atoms with Crippen molar-refractivity contribution in [1.29, 1.82) is 0 Å². The summed E-state index contributed by atoms with van der Waals surface area (Å²) in [6.07, 6.45) is 0. The first kappa shape index (κ1) is 3.91. The maximum absolute atomic E-state index is 5.01. The summed E-state index contributed by atoms with van der Waals surface area (Å²) in [6.45, 7) is 0. The average Bonchev–Trinajstić information content (AvgIpc) is 1.87. The molecule has 0 bridgehead atoms. The molecule has 0 aromatic rings. The van der Waals surface area contributed by atoms with E-state index >= 15 is 0 Å². The van der Waals surface area contributed by atoms with Crippen molar-refractivity contribution in [3.63, 3.8) is 0 Å². The molecular weight excluding hydrogens is 94.1 g/mol. The van der Waals surface area contributed by atoms with Gasteiger partial charge in [0.1, 0.15) is 0 Å². The molecule has 1 aliphatic heterocycles. The zero-order chi connectivity index (χ0) is 5.28. The van der Waals surface area contributed by atoms with Gasteiger partial charge in [-0.25, -0.2) is 0 Å². The second kappa shape index (κ2) is 1.11. The Balaban J connectivity index is 2.88. The van der Waals surface area contributed by atoms with Crippen LogP contribution >= 0.6 is 0 Å². The van der Waals surface area contributed by atoms with E-state index < -0.39 is 0 Å². The summed E-state index contributed by atoms with van der Waals surface area (Å²) in [5, 5.41) is 11.6. The van der Waals surface area contributed by atoms with Crippen LogP contribution in [0.1, 0.15) is 0 Å². The molecule has 5 nitrogen and oxygen atoms in total. The Morgan fingerprint density at radius 3 is 2.29 bits per heavy atom. The van der Waals surface area contributed by atoms with Crippen LogP contribution in [0.5, 0.6) is 0 Å². The van der Waals surface area contributed by atoms with Gasteiger partial charge in [0.15, 0.2) is 0 Å². The molecule has 0 aromatic carbocycles. The molecule has 0 saturated carbocycles. The van der Waals surface area contributed by atoms with Gasteiger partial charge < -0.3 is 5.73 Å². The van der Waals surface area contributed by atoms with Crippen molar-refractivity contribution in [2.24, 2.45) is 21.0 Å². The van der Waals surface area contributed by atoms with E-state index in [1.165, 1.54) is 0 Å². The number of azo groups is 1. The quantitative estimate of drug-likeness (QED) is 0.356. The highest BCUT2D eigenvalue weighted by Gasteiger charge is 2.11. The summed E-state index contributed by atoms with van der Waals surface area (Å²) in [5.74, 6) is 0.245. The molecule has 4 N–H and O–H groups in total. The minimum absolute atomic E-state index is 0.123. The molecule has 5 heteroatoms. The van der Waals surface area contributed by atoms with Gasteiger partial charge in [-0.3, -0.25) is 5.41 Å². The minimum Gasteiger partial charge on any atom is -0.351 e. The lowest BCUT2D eigenvalue weighted by Crippen LogP contribution is -2.36. The van der Waals surface area contributed by atoms with E-state index in [-0.39, 0.29) is 11.9 Å². The highest BCUT2D eigenvalue weighted by molar-refractivity contribution is 5.96. The van der Waals surface area contributed by atoms with E-state index in [1.807, 2.05) is 0 Å². The molecule has 0 saturated heterocycles. The lowest BCUT2D eigenvalue weighted by Gasteiger charge is -1.60. The molecule has 0 unspecified atom stereocenters. The van der Waals surface area contributed by atoms with E-state index in [2.05, 4.69) is 15.2 Å². The first-order chi connectivity index (χ1) is 3.29. The van der Waals surface area contributed by atoms with Crippen molar-refractivity contribution in [1.82, 2.24) is 0 Å². The van der Waals surface area contributed by atoms with Crippen molar-refractivity contribution in [3.8, 4) is 0 Å². The molecule has 0 aliphatic carbocycles. The predicted molar refractivity (Wildman–Crippen MR) is 23.4 cm³/mol. The number of aliphatic imine (C=N–C) groups is 1. The molecule has 36 valence electrons. The van der Waals surface area contributed by atoms with Gasteiger partial charge in [-0.2, -0.15) is 0 Å². The van der Waals surface area contributed by atoms with Crippen molar-refractivity contribution in [2.45, 2.75) is 0 Å². The fraction of sp³-hybridized carbons (Fsp3) is 0. The molecule has 0 aromatic heterocycles. The standard InChI is InChI=1S/C2H3N5/c3-1-5-2(4)7-6-1/h(H3,3,4,5)/p+1. The third-order valence-electron chi connectivity index (χ3n) is 0.484. The molecule has 1 rings (SSSR count). The highest BCUT2D eigenvalue weighted by atomic mass is 15.3. The molecule has 0 spiro atoms.